The van der Waals surface area contributed by atoms with Crippen LogP contribution in [-0.2, 0) is 11.2 Å². The van der Waals surface area contributed by atoms with Crippen LogP contribution in [0.5, 0.6) is 11.5 Å². The highest BCUT2D eigenvalue weighted by atomic mass is 16.3. The third-order valence-electron chi connectivity index (χ3n) is 4.28. The van der Waals surface area contributed by atoms with Crippen molar-refractivity contribution >= 4 is 29.1 Å². The van der Waals surface area contributed by atoms with E-state index in [1.807, 2.05) is 0 Å². The second-order valence-corrected chi connectivity index (χ2v) is 6.25. The molecule has 3 aromatic rings. The predicted octanol–water partition coefficient (Wildman–Crippen LogP) is 1.89. The summed E-state index contributed by atoms with van der Waals surface area (Å²) in [6.45, 7) is 0. The molecule has 0 atom stereocenters. The van der Waals surface area contributed by atoms with Gasteiger partial charge in [-0.25, -0.2) is 9.97 Å². The van der Waals surface area contributed by atoms with Crippen LogP contribution in [0.3, 0.4) is 0 Å². The van der Waals surface area contributed by atoms with Crippen LogP contribution >= 0.6 is 0 Å². The second-order valence-electron chi connectivity index (χ2n) is 6.25. The standard InChI is InChI=1S/C19H15N5O4/c20-18(28)9-1-3-12-13(5-9)23-16(27)6-10-8-21-19(24-17(10)12)22-11-2-4-14(25)15(26)7-11/h1-5,7-8,25-26H,6H2,(H2,20,28)(H,23,27)(H,21,22,24). The number of phenolic OH excluding ortho intramolecular Hbond substituents is 2. The number of nitrogens with zero attached hydrogens (tertiary/aromatic N) is 2. The number of nitrogens with two attached hydrogens (primary N) is 1. The fourth-order valence-corrected chi connectivity index (χ4v) is 2.93. The number of fused-ring (bicyclic) bond motifs is 3. The number of aromatic nitrogens is 2. The summed E-state index contributed by atoms with van der Waals surface area (Å²) in [6, 6.07) is 8.98. The summed E-state index contributed by atoms with van der Waals surface area (Å²) in [5.74, 6) is -1.13. The molecule has 140 valence electrons. The molecular formula is C19H15N5O4. The van der Waals surface area contributed by atoms with Crippen molar-refractivity contribution in [2.24, 2.45) is 5.73 Å². The Labute approximate surface area is 158 Å². The van der Waals surface area contributed by atoms with Crippen LogP contribution in [0.25, 0.3) is 11.3 Å². The number of phenols is 2. The lowest BCUT2D eigenvalue weighted by Gasteiger charge is -2.11. The third kappa shape index (κ3) is 3.16. The highest BCUT2D eigenvalue weighted by Crippen LogP contribution is 2.34. The zero-order valence-electron chi connectivity index (χ0n) is 14.4. The summed E-state index contributed by atoms with van der Waals surface area (Å²) < 4.78 is 0. The summed E-state index contributed by atoms with van der Waals surface area (Å²) in [5, 5.41) is 24.7. The molecule has 0 saturated heterocycles. The van der Waals surface area contributed by atoms with Gasteiger partial charge in [0.15, 0.2) is 11.5 Å². The van der Waals surface area contributed by atoms with Crippen LogP contribution < -0.4 is 16.4 Å². The zero-order valence-corrected chi connectivity index (χ0v) is 14.4. The normalized spacial score (nSPS) is 12.4. The van der Waals surface area contributed by atoms with Crippen molar-refractivity contribution in [3.63, 3.8) is 0 Å². The van der Waals surface area contributed by atoms with Crippen LogP contribution in [0.2, 0.25) is 0 Å². The van der Waals surface area contributed by atoms with Gasteiger partial charge in [0.05, 0.1) is 17.8 Å². The quantitative estimate of drug-likeness (QED) is 0.345. The van der Waals surface area contributed by atoms with Crippen LogP contribution in [-0.4, -0.2) is 32.0 Å². The molecule has 1 aromatic heterocycles. The van der Waals surface area contributed by atoms with Crippen LogP contribution in [0.1, 0.15) is 15.9 Å². The van der Waals surface area contributed by atoms with Gasteiger partial charge >= 0.3 is 0 Å². The lowest BCUT2D eigenvalue weighted by atomic mass is 10.0. The van der Waals surface area contributed by atoms with Gasteiger partial charge < -0.3 is 26.6 Å². The van der Waals surface area contributed by atoms with Crippen molar-refractivity contribution < 1.29 is 19.8 Å². The lowest BCUT2D eigenvalue weighted by Crippen LogP contribution is -2.14. The van der Waals surface area contributed by atoms with Gasteiger partial charge in [-0.2, -0.15) is 0 Å². The maximum absolute atomic E-state index is 12.2. The van der Waals surface area contributed by atoms with E-state index in [0.717, 1.165) is 0 Å². The number of carbonyl (C=O) groups is 2. The van der Waals surface area contributed by atoms with Crippen molar-refractivity contribution in [3.8, 4) is 22.8 Å². The van der Waals surface area contributed by atoms with E-state index >= 15 is 0 Å². The monoisotopic (exact) mass is 377 g/mol. The summed E-state index contributed by atoms with van der Waals surface area (Å²) >= 11 is 0. The number of hydrogen-bond acceptors (Lipinski definition) is 7. The molecule has 6 N–H and O–H groups in total. The molecule has 1 aliphatic rings. The Bertz CT molecular complexity index is 1130. The molecule has 0 radical (unpaired) electrons. The van der Waals surface area contributed by atoms with E-state index in [2.05, 4.69) is 20.6 Å². The number of anilines is 3. The first-order valence-corrected chi connectivity index (χ1v) is 8.30. The van der Waals surface area contributed by atoms with Gasteiger partial charge in [0.25, 0.3) is 0 Å². The summed E-state index contributed by atoms with van der Waals surface area (Å²) in [4.78, 5) is 32.3. The van der Waals surface area contributed by atoms with E-state index in [1.54, 1.807) is 24.4 Å². The molecule has 0 bridgehead atoms. The minimum absolute atomic E-state index is 0.0796. The molecule has 9 heteroatoms. The maximum Gasteiger partial charge on any atom is 0.248 e. The topological polar surface area (TPSA) is 150 Å². The molecule has 1 aliphatic heterocycles. The van der Waals surface area contributed by atoms with Gasteiger partial charge in [0, 0.05) is 34.6 Å². The van der Waals surface area contributed by atoms with Crippen molar-refractivity contribution in [3.05, 3.63) is 53.7 Å². The van der Waals surface area contributed by atoms with Gasteiger partial charge in [0.2, 0.25) is 17.8 Å². The average molecular weight is 377 g/mol. The SMILES string of the molecule is NC(=O)c1ccc2c(c1)NC(=O)Cc1cnc(Nc3ccc(O)c(O)c3)nc1-2. The Morgan fingerprint density at radius 1 is 1.14 bits per heavy atom. The van der Waals surface area contributed by atoms with Gasteiger partial charge in [0.1, 0.15) is 0 Å². The molecule has 0 unspecified atom stereocenters. The summed E-state index contributed by atoms with van der Waals surface area (Å²) in [7, 11) is 0. The van der Waals surface area contributed by atoms with E-state index in [-0.39, 0.29) is 35.3 Å². The van der Waals surface area contributed by atoms with Crippen molar-refractivity contribution in [1.29, 1.82) is 0 Å². The fraction of sp³-hybridized carbons (Fsp3) is 0.0526. The molecule has 0 fully saturated rings. The molecule has 4 rings (SSSR count). The number of rotatable bonds is 3. The molecule has 28 heavy (non-hydrogen) atoms. The van der Waals surface area contributed by atoms with E-state index in [9.17, 15) is 19.8 Å². The Morgan fingerprint density at radius 3 is 2.71 bits per heavy atom. The van der Waals surface area contributed by atoms with Crippen molar-refractivity contribution in [2.45, 2.75) is 6.42 Å². The first kappa shape index (κ1) is 17.3. The maximum atomic E-state index is 12.2. The Hall–Kier alpha value is -4.14. The molecule has 2 heterocycles. The molecular weight excluding hydrogens is 362 g/mol. The van der Waals surface area contributed by atoms with Gasteiger partial charge in [-0.15, -0.1) is 0 Å². The minimum Gasteiger partial charge on any atom is -0.504 e. The second kappa shape index (κ2) is 6.54. The number of nitrogens with one attached hydrogen (secondary N) is 2. The Kier molecular flexibility index (Phi) is 4.04. The number of primary amides is 1. The van der Waals surface area contributed by atoms with Gasteiger partial charge in [-0.05, 0) is 30.3 Å². The summed E-state index contributed by atoms with van der Waals surface area (Å²) in [5.41, 5.74) is 8.30. The highest BCUT2D eigenvalue weighted by Gasteiger charge is 2.22. The summed E-state index contributed by atoms with van der Waals surface area (Å²) in [6.07, 6.45) is 1.62. The van der Waals surface area contributed by atoms with E-state index in [0.29, 0.717) is 28.2 Å². The van der Waals surface area contributed by atoms with Crippen LogP contribution in [0.15, 0.2) is 42.6 Å². The van der Waals surface area contributed by atoms with Crippen molar-refractivity contribution in [2.75, 3.05) is 10.6 Å². The minimum atomic E-state index is -0.598. The Balaban J connectivity index is 1.77. The first-order chi connectivity index (χ1) is 13.4. The number of aromatic hydroxyl groups is 2. The van der Waals surface area contributed by atoms with E-state index < -0.39 is 5.91 Å². The molecule has 0 aliphatic carbocycles. The zero-order chi connectivity index (χ0) is 19.8. The fourth-order valence-electron chi connectivity index (χ4n) is 2.93. The number of benzene rings is 2. The number of hydrogen-bond donors (Lipinski definition) is 5. The first-order valence-electron chi connectivity index (χ1n) is 8.30. The van der Waals surface area contributed by atoms with Crippen molar-refractivity contribution in [1.82, 2.24) is 9.97 Å². The lowest BCUT2D eigenvalue weighted by molar-refractivity contribution is -0.115. The molecule has 0 spiro atoms. The molecule has 0 saturated carbocycles. The third-order valence-corrected chi connectivity index (χ3v) is 4.28. The largest absolute Gasteiger partial charge is 0.504 e. The van der Waals surface area contributed by atoms with Gasteiger partial charge in [-0.1, -0.05) is 0 Å². The van der Waals surface area contributed by atoms with Gasteiger partial charge in [-0.3, -0.25) is 9.59 Å². The Morgan fingerprint density at radius 2 is 1.96 bits per heavy atom. The van der Waals surface area contributed by atoms with E-state index in [1.165, 1.54) is 18.2 Å². The van der Waals surface area contributed by atoms with E-state index in [4.69, 9.17) is 5.73 Å². The number of amides is 2. The number of carbonyl (C=O) groups excluding carboxylic acids is 2. The predicted molar refractivity (Wildman–Crippen MR) is 101 cm³/mol. The smallest absolute Gasteiger partial charge is 0.248 e. The van der Waals surface area contributed by atoms with Crippen LogP contribution in [0.4, 0.5) is 17.3 Å². The molecule has 2 amide bonds. The molecule has 9 nitrogen and oxygen atoms in total. The average Bonchev–Trinajstić information content (AvgIpc) is 2.79. The highest BCUT2D eigenvalue weighted by molar-refractivity contribution is 6.02. The van der Waals surface area contributed by atoms with Crippen LogP contribution in [0, 0.1) is 0 Å². The molecule has 2 aromatic carbocycles.